The SMILES string of the molecule is CCC1(C)/C(=C/C(=O)OC)C(=O)N1Cc1ccccc1. The van der Waals surface area contributed by atoms with E-state index in [1.807, 2.05) is 44.2 Å². The average molecular weight is 273 g/mol. The number of rotatable bonds is 4. The van der Waals surface area contributed by atoms with Gasteiger partial charge in [-0.1, -0.05) is 37.3 Å². The Balaban J connectivity index is 2.22. The fourth-order valence-electron chi connectivity index (χ4n) is 2.48. The molecule has 1 unspecified atom stereocenters. The molecule has 1 aromatic carbocycles. The van der Waals surface area contributed by atoms with E-state index in [0.717, 1.165) is 12.0 Å². The zero-order chi connectivity index (χ0) is 14.8. The third-order valence-electron chi connectivity index (χ3n) is 3.99. The van der Waals surface area contributed by atoms with E-state index in [1.165, 1.54) is 13.2 Å². The van der Waals surface area contributed by atoms with Gasteiger partial charge in [-0.15, -0.1) is 0 Å². The lowest BCUT2D eigenvalue weighted by Gasteiger charge is -2.51. The molecule has 1 atom stereocenters. The van der Waals surface area contributed by atoms with Gasteiger partial charge in [0.05, 0.1) is 12.6 Å². The standard InChI is InChI=1S/C16H19NO3/c1-4-16(2)13(10-14(18)20-3)15(19)17(16)11-12-8-6-5-7-9-12/h5-10H,4,11H2,1-3H3/b13-10+. The highest BCUT2D eigenvalue weighted by molar-refractivity contribution is 6.07. The molecule has 20 heavy (non-hydrogen) atoms. The minimum absolute atomic E-state index is 0.0939. The first-order valence-corrected chi connectivity index (χ1v) is 6.69. The van der Waals surface area contributed by atoms with Gasteiger partial charge in [-0.25, -0.2) is 4.79 Å². The van der Waals surface area contributed by atoms with Crippen LogP contribution in [0.25, 0.3) is 0 Å². The number of likely N-dealkylation sites (tertiary alicyclic amines) is 1. The van der Waals surface area contributed by atoms with Crippen LogP contribution in [0.2, 0.25) is 0 Å². The van der Waals surface area contributed by atoms with E-state index in [2.05, 4.69) is 4.74 Å². The third-order valence-corrected chi connectivity index (χ3v) is 3.99. The highest BCUT2D eigenvalue weighted by atomic mass is 16.5. The van der Waals surface area contributed by atoms with E-state index in [0.29, 0.717) is 12.1 Å². The molecule has 1 fully saturated rings. The number of carbonyl (C=O) groups excluding carboxylic acids is 2. The van der Waals surface area contributed by atoms with Gasteiger partial charge in [0.1, 0.15) is 0 Å². The Morgan fingerprint density at radius 1 is 1.35 bits per heavy atom. The first kappa shape index (κ1) is 14.3. The summed E-state index contributed by atoms with van der Waals surface area (Å²) in [6.45, 7) is 4.55. The van der Waals surface area contributed by atoms with Crippen molar-refractivity contribution in [3.05, 3.63) is 47.5 Å². The fourth-order valence-corrected chi connectivity index (χ4v) is 2.48. The van der Waals surface area contributed by atoms with E-state index in [4.69, 9.17) is 0 Å². The molecule has 1 amide bonds. The molecule has 1 aliphatic heterocycles. The van der Waals surface area contributed by atoms with E-state index in [1.54, 1.807) is 4.90 Å². The second-order valence-corrected chi connectivity index (χ2v) is 5.09. The van der Waals surface area contributed by atoms with Crippen LogP contribution in [0, 0.1) is 0 Å². The largest absolute Gasteiger partial charge is 0.466 e. The predicted molar refractivity (Wildman–Crippen MR) is 75.8 cm³/mol. The van der Waals surface area contributed by atoms with E-state index in [9.17, 15) is 9.59 Å². The molecular formula is C16H19NO3. The molecule has 0 saturated carbocycles. The Bertz CT molecular complexity index is 550. The van der Waals surface area contributed by atoms with Gasteiger partial charge in [0, 0.05) is 18.2 Å². The van der Waals surface area contributed by atoms with Crippen LogP contribution < -0.4 is 0 Å². The van der Waals surface area contributed by atoms with Crippen molar-refractivity contribution in [2.24, 2.45) is 0 Å². The van der Waals surface area contributed by atoms with E-state index in [-0.39, 0.29) is 5.91 Å². The summed E-state index contributed by atoms with van der Waals surface area (Å²) < 4.78 is 4.61. The lowest BCUT2D eigenvalue weighted by Crippen LogP contribution is -2.63. The molecule has 1 saturated heterocycles. The molecule has 0 spiro atoms. The molecule has 0 aliphatic carbocycles. The van der Waals surface area contributed by atoms with Gasteiger partial charge in [-0.3, -0.25) is 4.79 Å². The molecule has 1 aliphatic rings. The minimum Gasteiger partial charge on any atom is -0.466 e. The summed E-state index contributed by atoms with van der Waals surface area (Å²) in [6, 6.07) is 9.84. The Kier molecular flexibility index (Phi) is 3.93. The van der Waals surface area contributed by atoms with Crippen LogP contribution in [0.3, 0.4) is 0 Å². The van der Waals surface area contributed by atoms with Gasteiger partial charge < -0.3 is 9.64 Å². The zero-order valence-corrected chi connectivity index (χ0v) is 12.1. The summed E-state index contributed by atoms with van der Waals surface area (Å²) in [4.78, 5) is 25.4. The van der Waals surface area contributed by atoms with Gasteiger partial charge in [0.25, 0.3) is 5.91 Å². The normalized spacial score (nSPS) is 23.6. The second-order valence-electron chi connectivity index (χ2n) is 5.09. The van der Waals surface area contributed by atoms with Crippen LogP contribution >= 0.6 is 0 Å². The van der Waals surface area contributed by atoms with Gasteiger partial charge in [-0.2, -0.15) is 0 Å². The van der Waals surface area contributed by atoms with Crippen LogP contribution in [-0.2, 0) is 20.9 Å². The Morgan fingerprint density at radius 2 is 2.00 bits per heavy atom. The number of esters is 1. The number of β-lactam (4-membered cyclic amide) rings is 1. The summed E-state index contributed by atoms with van der Waals surface area (Å²) in [6.07, 6.45) is 2.07. The highest BCUT2D eigenvalue weighted by Crippen LogP contribution is 2.40. The van der Waals surface area contributed by atoms with Crippen LogP contribution in [0.15, 0.2) is 42.0 Å². The number of ether oxygens (including phenoxy) is 1. The topological polar surface area (TPSA) is 46.6 Å². The Hall–Kier alpha value is -2.10. The van der Waals surface area contributed by atoms with Crippen molar-refractivity contribution in [2.75, 3.05) is 7.11 Å². The maximum Gasteiger partial charge on any atom is 0.331 e. The summed E-state index contributed by atoms with van der Waals surface area (Å²) >= 11 is 0. The molecule has 0 N–H and O–H groups in total. The van der Waals surface area contributed by atoms with Crippen LogP contribution in [0.5, 0.6) is 0 Å². The smallest absolute Gasteiger partial charge is 0.331 e. The van der Waals surface area contributed by atoms with Crippen molar-refractivity contribution in [3.8, 4) is 0 Å². The maximum atomic E-state index is 12.2. The molecule has 1 aromatic rings. The summed E-state index contributed by atoms with van der Waals surface area (Å²) in [5, 5.41) is 0. The quantitative estimate of drug-likeness (QED) is 0.480. The average Bonchev–Trinajstić information content (AvgIpc) is 2.50. The Morgan fingerprint density at radius 3 is 2.55 bits per heavy atom. The number of amides is 1. The number of benzene rings is 1. The van der Waals surface area contributed by atoms with Crippen molar-refractivity contribution in [1.29, 1.82) is 0 Å². The van der Waals surface area contributed by atoms with Gasteiger partial charge in [0.2, 0.25) is 0 Å². The van der Waals surface area contributed by atoms with Crippen molar-refractivity contribution in [3.63, 3.8) is 0 Å². The monoisotopic (exact) mass is 273 g/mol. The number of hydrogen-bond donors (Lipinski definition) is 0. The number of hydrogen-bond acceptors (Lipinski definition) is 3. The second kappa shape index (κ2) is 5.49. The first-order chi connectivity index (χ1) is 9.52. The molecule has 0 bridgehead atoms. The number of carbonyl (C=O) groups is 2. The van der Waals surface area contributed by atoms with Crippen LogP contribution in [0.1, 0.15) is 25.8 Å². The molecular weight excluding hydrogens is 254 g/mol. The maximum absolute atomic E-state index is 12.2. The third kappa shape index (κ3) is 2.33. The predicted octanol–water partition coefficient (Wildman–Crippen LogP) is 2.30. The molecule has 1 heterocycles. The molecule has 4 heteroatoms. The first-order valence-electron chi connectivity index (χ1n) is 6.69. The van der Waals surface area contributed by atoms with E-state index >= 15 is 0 Å². The van der Waals surface area contributed by atoms with Crippen molar-refractivity contribution in [2.45, 2.75) is 32.4 Å². The molecule has 0 radical (unpaired) electrons. The van der Waals surface area contributed by atoms with Gasteiger partial charge in [0.15, 0.2) is 0 Å². The fraction of sp³-hybridized carbons (Fsp3) is 0.375. The van der Waals surface area contributed by atoms with Crippen LogP contribution in [-0.4, -0.2) is 29.4 Å². The van der Waals surface area contributed by atoms with E-state index < -0.39 is 11.5 Å². The summed E-state index contributed by atoms with van der Waals surface area (Å²) in [5.74, 6) is -0.573. The number of nitrogens with zero attached hydrogens (tertiary/aromatic N) is 1. The molecule has 2 rings (SSSR count). The van der Waals surface area contributed by atoms with Crippen LogP contribution in [0.4, 0.5) is 0 Å². The van der Waals surface area contributed by atoms with Crippen molar-refractivity contribution in [1.82, 2.24) is 4.90 Å². The highest BCUT2D eigenvalue weighted by Gasteiger charge is 2.51. The van der Waals surface area contributed by atoms with Crippen molar-refractivity contribution < 1.29 is 14.3 Å². The number of methoxy groups -OCH3 is 1. The van der Waals surface area contributed by atoms with Gasteiger partial charge in [-0.05, 0) is 18.9 Å². The Labute approximate surface area is 119 Å². The minimum atomic E-state index is -0.479. The summed E-state index contributed by atoms with van der Waals surface area (Å²) in [5.41, 5.74) is 1.21. The summed E-state index contributed by atoms with van der Waals surface area (Å²) in [7, 11) is 1.31. The lowest BCUT2D eigenvalue weighted by molar-refractivity contribution is -0.146. The lowest BCUT2D eigenvalue weighted by atomic mass is 9.77. The molecule has 0 aromatic heterocycles. The van der Waals surface area contributed by atoms with Gasteiger partial charge >= 0.3 is 5.97 Å². The molecule has 106 valence electrons. The zero-order valence-electron chi connectivity index (χ0n) is 12.1. The molecule has 4 nitrogen and oxygen atoms in total. The van der Waals surface area contributed by atoms with Crippen molar-refractivity contribution >= 4 is 11.9 Å².